The predicted molar refractivity (Wildman–Crippen MR) is 90.7 cm³/mol. The topological polar surface area (TPSA) is 101 Å². The van der Waals surface area contributed by atoms with E-state index in [4.69, 9.17) is 4.74 Å². The van der Waals surface area contributed by atoms with Gasteiger partial charge in [-0.2, -0.15) is 0 Å². The summed E-state index contributed by atoms with van der Waals surface area (Å²) >= 11 is 0. The summed E-state index contributed by atoms with van der Waals surface area (Å²) in [5, 5.41) is 3.94. The Balaban J connectivity index is 1.61. The molecule has 1 unspecified atom stereocenters. The quantitative estimate of drug-likeness (QED) is 0.833. The van der Waals surface area contributed by atoms with Crippen molar-refractivity contribution in [3.05, 3.63) is 52.2 Å². The molecule has 2 aliphatic rings. The molecule has 136 valence electrons. The first-order valence-corrected chi connectivity index (χ1v) is 8.39. The van der Waals surface area contributed by atoms with E-state index in [9.17, 15) is 14.4 Å². The normalized spacial score (nSPS) is 22.3. The molecule has 1 aromatic heterocycles. The second-order valence-corrected chi connectivity index (χ2v) is 6.72. The van der Waals surface area contributed by atoms with Crippen molar-refractivity contribution in [1.29, 1.82) is 0 Å². The van der Waals surface area contributed by atoms with Crippen LogP contribution >= 0.6 is 0 Å². The SMILES string of the molecule is Cn1nc(C(=O)N2CCN3C(=O)OCC3(Cc3ccccc3)C2)[nH]c1=O. The highest BCUT2D eigenvalue weighted by Gasteiger charge is 2.51. The first-order valence-electron chi connectivity index (χ1n) is 8.39. The van der Waals surface area contributed by atoms with Crippen LogP contribution in [0.25, 0.3) is 0 Å². The zero-order valence-corrected chi connectivity index (χ0v) is 14.3. The molecular weight excluding hydrogens is 338 g/mol. The molecule has 3 heterocycles. The number of nitrogens with zero attached hydrogens (tertiary/aromatic N) is 4. The van der Waals surface area contributed by atoms with Crippen LogP contribution in [0.3, 0.4) is 0 Å². The summed E-state index contributed by atoms with van der Waals surface area (Å²) in [6.07, 6.45) is 0.238. The first kappa shape index (κ1) is 16.4. The summed E-state index contributed by atoms with van der Waals surface area (Å²) in [5.41, 5.74) is 0.0169. The smallest absolute Gasteiger partial charge is 0.410 e. The molecule has 1 atom stereocenters. The van der Waals surface area contributed by atoms with Crippen LogP contribution in [0.1, 0.15) is 16.2 Å². The van der Waals surface area contributed by atoms with Gasteiger partial charge in [-0.15, -0.1) is 5.10 Å². The zero-order chi connectivity index (χ0) is 18.3. The van der Waals surface area contributed by atoms with E-state index in [1.165, 1.54) is 7.05 Å². The maximum absolute atomic E-state index is 12.8. The third-order valence-electron chi connectivity index (χ3n) is 4.97. The largest absolute Gasteiger partial charge is 0.447 e. The maximum atomic E-state index is 12.8. The minimum atomic E-state index is -0.610. The van der Waals surface area contributed by atoms with E-state index in [0.29, 0.717) is 26.1 Å². The third-order valence-corrected chi connectivity index (χ3v) is 4.97. The van der Waals surface area contributed by atoms with Crippen LogP contribution in [0.4, 0.5) is 4.79 Å². The Labute approximate surface area is 149 Å². The van der Waals surface area contributed by atoms with Gasteiger partial charge in [0.1, 0.15) is 12.1 Å². The maximum Gasteiger partial charge on any atom is 0.410 e. The lowest BCUT2D eigenvalue weighted by atomic mass is 9.88. The van der Waals surface area contributed by atoms with Crippen molar-refractivity contribution >= 4 is 12.0 Å². The highest BCUT2D eigenvalue weighted by Crippen LogP contribution is 2.32. The highest BCUT2D eigenvalue weighted by molar-refractivity contribution is 5.90. The molecule has 2 fully saturated rings. The average Bonchev–Trinajstić information content (AvgIpc) is 3.15. The zero-order valence-electron chi connectivity index (χ0n) is 14.3. The van der Waals surface area contributed by atoms with E-state index >= 15 is 0 Å². The van der Waals surface area contributed by atoms with Crippen molar-refractivity contribution in [3.63, 3.8) is 0 Å². The van der Waals surface area contributed by atoms with Gasteiger partial charge >= 0.3 is 11.8 Å². The second-order valence-electron chi connectivity index (χ2n) is 6.72. The van der Waals surface area contributed by atoms with E-state index in [1.807, 2.05) is 30.3 Å². The van der Waals surface area contributed by atoms with Gasteiger partial charge in [0.25, 0.3) is 5.91 Å². The van der Waals surface area contributed by atoms with Crippen molar-refractivity contribution in [2.24, 2.45) is 7.05 Å². The number of ether oxygens (including phenoxy) is 1. The van der Waals surface area contributed by atoms with E-state index < -0.39 is 11.2 Å². The van der Waals surface area contributed by atoms with Gasteiger partial charge in [0.2, 0.25) is 5.82 Å². The highest BCUT2D eigenvalue weighted by atomic mass is 16.6. The van der Waals surface area contributed by atoms with Crippen LogP contribution in [-0.4, -0.2) is 68.3 Å². The van der Waals surface area contributed by atoms with Gasteiger partial charge in [0, 0.05) is 33.1 Å². The molecule has 9 heteroatoms. The monoisotopic (exact) mass is 357 g/mol. The predicted octanol–water partition coefficient (Wildman–Crippen LogP) is -0.00210. The number of carbonyl (C=O) groups excluding carboxylic acids is 2. The van der Waals surface area contributed by atoms with E-state index in [-0.39, 0.29) is 24.4 Å². The number of amides is 2. The number of cyclic esters (lactones) is 1. The van der Waals surface area contributed by atoms with Gasteiger partial charge in [-0.05, 0) is 5.56 Å². The number of benzene rings is 1. The molecule has 0 saturated carbocycles. The van der Waals surface area contributed by atoms with E-state index in [1.54, 1.807) is 9.80 Å². The van der Waals surface area contributed by atoms with Crippen molar-refractivity contribution in [2.45, 2.75) is 12.0 Å². The van der Waals surface area contributed by atoms with Gasteiger partial charge in [0.15, 0.2) is 0 Å². The molecule has 0 bridgehead atoms. The summed E-state index contributed by atoms with van der Waals surface area (Å²) < 4.78 is 6.39. The summed E-state index contributed by atoms with van der Waals surface area (Å²) in [6.45, 7) is 1.30. The van der Waals surface area contributed by atoms with Crippen molar-refractivity contribution in [1.82, 2.24) is 24.6 Å². The van der Waals surface area contributed by atoms with Crippen LogP contribution in [0.5, 0.6) is 0 Å². The number of rotatable bonds is 3. The Morgan fingerprint density at radius 1 is 1.27 bits per heavy atom. The number of fused-ring (bicyclic) bond motifs is 1. The Morgan fingerprint density at radius 2 is 2.04 bits per heavy atom. The van der Waals surface area contributed by atoms with E-state index in [0.717, 1.165) is 10.2 Å². The minimum absolute atomic E-state index is 0.00560. The number of aromatic nitrogens is 3. The Kier molecular flexibility index (Phi) is 3.78. The number of hydrogen-bond acceptors (Lipinski definition) is 5. The molecule has 2 saturated heterocycles. The lowest BCUT2D eigenvalue weighted by Crippen LogP contribution is -2.63. The number of H-pyrrole nitrogens is 1. The molecule has 2 amide bonds. The fourth-order valence-corrected chi connectivity index (χ4v) is 3.66. The second kappa shape index (κ2) is 6.01. The minimum Gasteiger partial charge on any atom is -0.447 e. The Bertz CT molecular complexity index is 905. The van der Waals surface area contributed by atoms with Gasteiger partial charge in [-0.25, -0.2) is 14.3 Å². The molecule has 1 N–H and O–H groups in total. The molecule has 1 aromatic carbocycles. The number of nitrogens with one attached hydrogen (secondary N) is 1. The fraction of sp³-hybridized carbons (Fsp3) is 0.412. The molecule has 4 rings (SSSR count). The number of carbonyl (C=O) groups is 2. The molecule has 0 spiro atoms. The van der Waals surface area contributed by atoms with Crippen molar-refractivity contribution in [2.75, 3.05) is 26.2 Å². The lowest BCUT2D eigenvalue weighted by Gasteiger charge is -2.44. The lowest BCUT2D eigenvalue weighted by molar-refractivity contribution is 0.0366. The fourth-order valence-electron chi connectivity index (χ4n) is 3.66. The van der Waals surface area contributed by atoms with Crippen LogP contribution in [-0.2, 0) is 18.2 Å². The summed E-state index contributed by atoms with van der Waals surface area (Å²) in [6, 6.07) is 9.81. The molecule has 0 radical (unpaired) electrons. The summed E-state index contributed by atoms with van der Waals surface area (Å²) in [4.78, 5) is 42.3. The number of aryl methyl sites for hydroxylation is 1. The standard InChI is InChI=1S/C17H19N5O4/c1-20-15(24)18-13(19-20)14(23)21-7-8-22-16(25)26-11-17(22,10-21)9-12-5-3-2-4-6-12/h2-6H,7-11H2,1H3,(H,18,19,24). The molecule has 9 nitrogen and oxygen atoms in total. The number of aromatic amines is 1. The molecule has 0 aliphatic carbocycles. The summed E-state index contributed by atoms with van der Waals surface area (Å²) in [5.74, 6) is -0.347. The van der Waals surface area contributed by atoms with Crippen LogP contribution < -0.4 is 5.69 Å². The van der Waals surface area contributed by atoms with Crippen LogP contribution in [0.15, 0.2) is 35.1 Å². The number of hydrogen-bond donors (Lipinski definition) is 1. The van der Waals surface area contributed by atoms with Crippen LogP contribution in [0, 0.1) is 0 Å². The third kappa shape index (κ3) is 2.65. The van der Waals surface area contributed by atoms with Crippen molar-refractivity contribution < 1.29 is 14.3 Å². The molecule has 2 aliphatic heterocycles. The Hall–Kier alpha value is -3.10. The molecule has 26 heavy (non-hydrogen) atoms. The summed E-state index contributed by atoms with van der Waals surface area (Å²) in [7, 11) is 1.48. The van der Waals surface area contributed by atoms with Crippen LogP contribution in [0.2, 0.25) is 0 Å². The van der Waals surface area contributed by atoms with Crippen molar-refractivity contribution in [3.8, 4) is 0 Å². The van der Waals surface area contributed by atoms with E-state index in [2.05, 4.69) is 10.1 Å². The number of piperazine rings is 1. The van der Waals surface area contributed by atoms with Gasteiger partial charge in [-0.3, -0.25) is 14.7 Å². The molecule has 2 aromatic rings. The van der Waals surface area contributed by atoms with Gasteiger partial charge < -0.3 is 9.64 Å². The van der Waals surface area contributed by atoms with Gasteiger partial charge in [-0.1, -0.05) is 30.3 Å². The van der Waals surface area contributed by atoms with Gasteiger partial charge in [0.05, 0.1) is 0 Å². The Morgan fingerprint density at radius 3 is 2.73 bits per heavy atom. The first-order chi connectivity index (χ1) is 12.5. The average molecular weight is 357 g/mol. The molecular formula is C17H19N5O4.